The van der Waals surface area contributed by atoms with Crippen molar-refractivity contribution in [1.29, 1.82) is 0 Å². The molecule has 2 aromatic carbocycles. The third-order valence-corrected chi connectivity index (χ3v) is 5.79. The highest BCUT2D eigenvalue weighted by atomic mass is 35.5. The van der Waals surface area contributed by atoms with Gasteiger partial charge in [-0.1, -0.05) is 49.7 Å². The van der Waals surface area contributed by atoms with E-state index in [4.69, 9.17) is 11.6 Å². The molecule has 0 atom stereocenters. The lowest BCUT2D eigenvalue weighted by Crippen LogP contribution is -2.36. The van der Waals surface area contributed by atoms with Crippen LogP contribution in [0.1, 0.15) is 42.6 Å². The topological polar surface area (TPSA) is 67.2 Å². The predicted molar refractivity (Wildman–Crippen MR) is 127 cm³/mol. The zero-order chi connectivity index (χ0) is 22.7. The van der Waals surface area contributed by atoms with E-state index in [1.165, 1.54) is 0 Å². The van der Waals surface area contributed by atoms with Crippen LogP contribution in [-0.4, -0.2) is 28.1 Å². The number of carbonyl (C=O) groups is 2. The fourth-order valence-electron chi connectivity index (χ4n) is 3.73. The Labute approximate surface area is 193 Å². The summed E-state index contributed by atoms with van der Waals surface area (Å²) >= 11 is 6.13. The maximum atomic E-state index is 12.7. The molecule has 0 bridgehead atoms. The molecule has 0 spiro atoms. The van der Waals surface area contributed by atoms with Gasteiger partial charge in [-0.05, 0) is 42.2 Å². The number of hydrogen-bond donors (Lipinski definition) is 1. The number of nitrogens with zero attached hydrogens (tertiary/aromatic N) is 3. The zero-order valence-corrected chi connectivity index (χ0v) is 19.1. The molecule has 7 heteroatoms. The molecule has 0 saturated carbocycles. The van der Waals surface area contributed by atoms with Gasteiger partial charge < -0.3 is 5.32 Å². The fraction of sp³-hybridized carbons (Fsp3) is 0.320. The summed E-state index contributed by atoms with van der Waals surface area (Å²) in [6.07, 6.45) is 1.35. The van der Waals surface area contributed by atoms with Crippen LogP contribution in [-0.2, 0) is 17.9 Å². The number of fused-ring (bicyclic) bond motifs is 1. The fourth-order valence-corrected chi connectivity index (χ4v) is 3.92. The Hall–Kier alpha value is -3.12. The first-order chi connectivity index (χ1) is 15.4. The van der Waals surface area contributed by atoms with Gasteiger partial charge in [0.15, 0.2) is 0 Å². The Morgan fingerprint density at radius 1 is 1.16 bits per heavy atom. The second-order valence-electron chi connectivity index (χ2n) is 8.49. The van der Waals surface area contributed by atoms with Gasteiger partial charge in [0.25, 0.3) is 5.91 Å². The maximum absolute atomic E-state index is 12.7. The number of carbonyl (C=O) groups excluding carboxylic acids is 2. The van der Waals surface area contributed by atoms with Gasteiger partial charge in [-0.15, -0.1) is 0 Å². The van der Waals surface area contributed by atoms with E-state index in [2.05, 4.69) is 24.3 Å². The summed E-state index contributed by atoms with van der Waals surface area (Å²) in [4.78, 5) is 26.8. The van der Waals surface area contributed by atoms with E-state index >= 15 is 0 Å². The molecule has 0 saturated heterocycles. The summed E-state index contributed by atoms with van der Waals surface area (Å²) in [6.45, 7) is 5.91. The van der Waals surface area contributed by atoms with E-state index in [1.54, 1.807) is 4.90 Å². The van der Waals surface area contributed by atoms with Crippen molar-refractivity contribution < 1.29 is 9.59 Å². The molecule has 1 aliphatic rings. The van der Waals surface area contributed by atoms with E-state index in [0.717, 1.165) is 29.1 Å². The highest BCUT2D eigenvalue weighted by molar-refractivity contribution is 6.30. The molecule has 4 rings (SSSR count). The van der Waals surface area contributed by atoms with Crippen LogP contribution >= 0.6 is 11.6 Å². The van der Waals surface area contributed by atoms with Crippen molar-refractivity contribution in [2.45, 2.75) is 39.8 Å². The molecule has 3 aromatic rings. The van der Waals surface area contributed by atoms with E-state index in [9.17, 15) is 9.59 Å². The van der Waals surface area contributed by atoms with Crippen molar-refractivity contribution in [3.05, 3.63) is 70.7 Å². The molecule has 0 unspecified atom stereocenters. The lowest BCUT2D eigenvalue weighted by molar-refractivity contribution is -0.119. The Kier molecular flexibility index (Phi) is 6.61. The lowest BCUT2D eigenvalue weighted by Gasteiger charge is -2.27. The molecule has 6 nitrogen and oxygen atoms in total. The minimum atomic E-state index is -0.0736. The number of aromatic nitrogens is 2. The van der Waals surface area contributed by atoms with Crippen LogP contribution in [0.15, 0.2) is 54.6 Å². The summed E-state index contributed by atoms with van der Waals surface area (Å²) in [5.41, 5.74) is 3.28. The third kappa shape index (κ3) is 5.02. The van der Waals surface area contributed by atoms with Gasteiger partial charge in [-0.2, -0.15) is 5.10 Å². The minimum Gasteiger partial charge on any atom is -0.352 e. The molecule has 1 aromatic heterocycles. The van der Waals surface area contributed by atoms with Gasteiger partial charge in [0.2, 0.25) is 5.91 Å². The van der Waals surface area contributed by atoms with Crippen molar-refractivity contribution in [2.24, 2.45) is 5.92 Å². The number of halogens is 1. The van der Waals surface area contributed by atoms with Crippen LogP contribution in [0.2, 0.25) is 5.02 Å². The number of rotatable bonds is 7. The summed E-state index contributed by atoms with van der Waals surface area (Å²) < 4.78 is 1.87. The quantitative estimate of drug-likeness (QED) is 0.555. The standard InChI is InChI=1S/C25H27ClN4O2/c1-17(2)10-12-27-25(32)19-8-6-18(7-9-19)16-29-23-15-22(20-4-3-5-21(26)14-20)28-30(23)13-11-24(29)31/h3-9,14-15,17H,10-13,16H2,1-2H3,(H,27,32). The first-order valence-electron chi connectivity index (χ1n) is 10.9. The molecule has 2 heterocycles. The molecule has 0 radical (unpaired) electrons. The summed E-state index contributed by atoms with van der Waals surface area (Å²) in [6, 6.07) is 16.9. The Morgan fingerprint density at radius 3 is 2.66 bits per heavy atom. The number of benzene rings is 2. The number of hydrogen-bond acceptors (Lipinski definition) is 3. The molecular weight excluding hydrogens is 424 g/mol. The van der Waals surface area contributed by atoms with Crippen LogP contribution in [0.25, 0.3) is 11.3 Å². The SMILES string of the molecule is CC(C)CCNC(=O)c1ccc(CN2C(=O)CCn3nc(-c4cccc(Cl)c4)cc32)cc1. The Morgan fingerprint density at radius 2 is 1.94 bits per heavy atom. The second-order valence-corrected chi connectivity index (χ2v) is 8.92. The predicted octanol–water partition coefficient (Wildman–Crippen LogP) is 4.92. The van der Waals surface area contributed by atoms with Crippen molar-refractivity contribution in [1.82, 2.24) is 15.1 Å². The molecule has 2 amide bonds. The van der Waals surface area contributed by atoms with Crippen LogP contribution in [0, 0.1) is 5.92 Å². The number of aryl methyl sites for hydroxylation is 1. The molecule has 0 fully saturated rings. The molecular formula is C25H27ClN4O2. The normalized spacial score (nSPS) is 13.4. The summed E-state index contributed by atoms with van der Waals surface area (Å²) in [7, 11) is 0. The van der Waals surface area contributed by atoms with E-state index < -0.39 is 0 Å². The zero-order valence-electron chi connectivity index (χ0n) is 18.3. The van der Waals surface area contributed by atoms with Crippen LogP contribution < -0.4 is 10.2 Å². The monoisotopic (exact) mass is 450 g/mol. The third-order valence-electron chi connectivity index (χ3n) is 5.56. The largest absolute Gasteiger partial charge is 0.352 e. The van der Waals surface area contributed by atoms with Crippen LogP contribution in [0.4, 0.5) is 5.82 Å². The van der Waals surface area contributed by atoms with Crippen molar-refractivity contribution in [3.63, 3.8) is 0 Å². The first-order valence-corrected chi connectivity index (χ1v) is 11.3. The Balaban J connectivity index is 1.49. The number of nitrogens with one attached hydrogen (secondary N) is 1. The molecule has 1 aliphatic heterocycles. The summed E-state index contributed by atoms with van der Waals surface area (Å²) in [5.74, 6) is 1.31. The maximum Gasteiger partial charge on any atom is 0.251 e. The molecule has 32 heavy (non-hydrogen) atoms. The summed E-state index contributed by atoms with van der Waals surface area (Å²) in [5, 5.41) is 8.27. The van der Waals surface area contributed by atoms with Gasteiger partial charge in [0, 0.05) is 35.2 Å². The van der Waals surface area contributed by atoms with E-state index in [0.29, 0.717) is 42.6 Å². The van der Waals surface area contributed by atoms with Crippen molar-refractivity contribution >= 4 is 29.2 Å². The Bertz CT molecular complexity index is 1120. The van der Waals surface area contributed by atoms with Gasteiger partial charge in [-0.3, -0.25) is 14.5 Å². The van der Waals surface area contributed by atoms with Gasteiger partial charge >= 0.3 is 0 Å². The average molecular weight is 451 g/mol. The first kappa shape index (κ1) is 22.1. The molecule has 0 aliphatic carbocycles. The van der Waals surface area contributed by atoms with E-state index in [-0.39, 0.29) is 11.8 Å². The van der Waals surface area contributed by atoms with Crippen molar-refractivity contribution in [3.8, 4) is 11.3 Å². The lowest BCUT2D eigenvalue weighted by atomic mass is 10.1. The van der Waals surface area contributed by atoms with Gasteiger partial charge in [-0.25, -0.2) is 4.68 Å². The number of anilines is 1. The second kappa shape index (κ2) is 9.57. The van der Waals surface area contributed by atoms with Crippen LogP contribution in [0.3, 0.4) is 0 Å². The van der Waals surface area contributed by atoms with Gasteiger partial charge in [0.05, 0.1) is 18.8 Å². The number of amides is 2. The van der Waals surface area contributed by atoms with E-state index in [1.807, 2.05) is 59.3 Å². The van der Waals surface area contributed by atoms with Crippen LogP contribution in [0.5, 0.6) is 0 Å². The van der Waals surface area contributed by atoms with Gasteiger partial charge in [0.1, 0.15) is 5.82 Å². The molecule has 1 N–H and O–H groups in total. The minimum absolute atomic E-state index is 0.0607. The average Bonchev–Trinajstić information content (AvgIpc) is 3.21. The highest BCUT2D eigenvalue weighted by Gasteiger charge is 2.26. The molecule has 166 valence electrons. The van der Waals surface area contributed by atoms with Crippen molar-refractivity contribution in [2.75, 3.05) is 11.4 Å². The highest BCUT2D eigenvalue weighted by Crippen LogP contribution is 2.30. The smallest absolute Gasteiger partial charge is 0.251 e.